The van der Waals surface area contributed by atoms with E-state index in [2.05, 4.69) is 5.32 Å². The first-order valence-electron chi connectivity index (χ1n) is 8.38. The van der Waals surface area contributed by atoms with E-state index in [1.54, 1.807) is 19.9 Å². The number of carbonyl (C=O) groups is 2. The molecular formula is C20H19FN2O4. The zero-order valence-corrected chi connectivity index (χ0v) is 14.9. The Morgan fingerprint density at radius 2 is 1.96 bits per heavy atom. The Kier molecular flexibility index (Phi) is 4.96. The third-order valence-electron chi connectivity index (χ3n) is 4.59. The number of aromatic nitrogens is 1. The van der Waals surface area contributed by atoms with Crippen molar-refractivity contribution in [3.63, 3.8) is 0 Å². The summed E-state index contributed by atoms with van der Waals surface area (Å²) < 4.78 is 15.0. The van der Waals surface area contributed by atoms with E-state index in [0.29, 0.717) is 22.2 Å². The summed E-state index contributed by atoms with van der Waals surface area (Å²) in [4.78, 5) is 25.3. The summed E-state index contributed by atoms with van der Waals surface area (Å²) in [5.74, 6) is -2.06. The summed E-state index contributed by atoms with van der Waals surface area (Å²) in [7, 11) is 0. The molecule has 6 nitrogen and oxygen atoms in total. The van der Waals surface area contributed by atoms with Crippen LogP contribution in [0.15, 0.2) is 42.5 Å². The molecule has 140 valence electrons. The largest absolute Gasteiger partial charge is 0.508 e. The van der Waals surface area contributed by atoms with Gasteiger partial charge in [-0.1, -0.05) is 6.07 Å². The summed E-state index contributed by atoms with van der Waals surface area (Å²) in [5, 5.41) is 21.7. The summed E-state index contributed by atoms with van der Waals surface area (Å²) in [6, 6.07) is 9.87. The maximum absolute atomic E-state index is 13.6. The molecule has 0 saturated carbocycles. The Morgan fingerprint density at radius 1 is 1.22 bits per heavy atom. The van der Waals surface area contributed by atoms with Gasteiger partial charge in [0.15, 0.2) is 0 Å². The van der Waals surface area contributed by atoms with Crippen molar-refractivity contribution in [2.75, 3.05) is 6.73 Å². The fourth-order valence-electron chi connectivity index (χ4n) is 3.35. The van der Waals surface area contributed by atoms with Gasteiger partial charge in [-0.3, -0.25) is 14.2 Å². The molecule has 3 N–H and O–H groups in total. The second-order valence-corrected chi connectivity index (χ2v) is 6.27. The van der Waals surface area contributed by atoms with E-state index in [-0.39, 0.29) is 11.3 Å². The molecule has 1 aromatic heterocycles. The van der Waals surface area contributed by atoms with Gasteiger partial charge in [-0.25, -0.2) is 4.39 Å². The normalized spacial score (nSPS) is 12.1. The van der Waals surface area contributed by atoms with E-state index in [1.165, 1.54) is 34.9 Å². The summed E-state index contributed by atoms with van der Waals surface area (Å²) in [6.07, 6.45) is 0. The lowest BCUT2D eigenvalue weighted by Gasteiger charge is -2.12. The molecule has 1 atom stereocenters. The second-order valence-electron chi connectivity index (χ2n) is 6.27. The van der Waals surface area contributed by atoms with Crippen LogP contribution in [0.25, 0.3) is 10.9 Å². The van der Waals surface area contributed by atoms with Gasteiger partial charge in [0.25, 0.3) is 5.91 Å². The Balaban J connectivity index is 2.24. The van der Waals surface area contributed by atoms with Crippen molar-refractivity contribution in [1.29, 1.82) is 0 Å². The van der Waals surface area contributed by atoms with Crippen LogP contribution in [0, 0.1) is 12.7 Å². The highest BCUT2D eigenvalue weighted by Gasteiger charge is 2.26. The number of aliphatic hydroxyl groups is 1. The van der Waals surface area contributed by atoms with Crippen LogP contribution in [0.5, 0.6) is 5.75 Å². The summed E-state index contributed by atoms with van der Waals surface area (Å²) >= 11 is 0. The van der Waals surface area contributed by atoms with Gasteiger partial charge in [0.1, 0.15) is 18.3 Å². The van der Waals surface area contributed by atoms with Crippen molar-refractivity contribution in [3.8, 4) is 5.75 Å². The van der Waals surface area contributed by atoms with Gasteiger partial charge in [-0.15, -0.1) is 0 Å². The molecule has 0 aliphatic heterocycles. The number of hydrogen-bond acceptors (Lipinski definition) is 4. The Bertz CT molecular complexity index is 1040. The van der Waals surface area contributed by atoms with Gasteiger partial charge in [0.2, 0.25) is 5.91 Å². The number of fused-ring (bicyclic) bond motifs is 1. The van der Waals surface area contributed by atoms with Crippen LogP contribution in [-0.2, 0) is 4.79 Å². The maximum Gasteiger partial charge on any atom is 0.262 e. The number of rotatable bonds is 4. The highest BCUT2D eigenvalue weighted by Crippen LogP contribution is 2.34. The van der Waals surface area contributed by atoms with Crippen molar-refractivity contribution in [1.82, 2.24) is 9.88 Å². The van der Waals surface area contributed by atoms with Gasteiger partial charge in [-0.2, -0.15) is 0 Å². The first-order chi connectivity index (χ1) is 12.8. The topological polar surface area (TPSA) is 91.6 Å². The number of amides is 1. The lowest BCUT2D eigenvalue weighted by Crippen LogP contribution is -2.29. The van der Waals surface area contributed by atoms with Gasteiger partial charge >= 0.3 is 0 Å². The standard InChI is InChI=1S/C20H19FN2O4/c1-11(19(26)22-10-24)18-12(2)23(17-7-6-15(25)9-16(17)18)20(27)13-4-3-5-14(21)8-13/h3-9,11,24-25H,10H2,1-2H3,(H,22,26)/t11-/m1/s1. The molecule has 27 heavy (non-hydrogen) atoms. The number of phenolic OH excluding ortho intramolecular Hbond substituents is 1. The SMILES string of the molecule is Cc1c([C@@H](C)C(=O)NCO)c2cc(O)ccc2n1C(=O)c1cccc(F)c1. The van der Waals surface area contributed by atoms with Crippen LogP contribution < -0.4 is 5.32 Å². The smallest absolute Gasteiger partial charge is 0.262 e. The lowest BCUT2D eigenvalue weighted by molar-refractivity contribution is -0.123. The number of phenols is 1. The lowest BCUT2D eigenvalue weighted by atomic mass is 9.97. The summed E-state index contributed by atoms with van der Waals surface area (Å²) in [6.45, 7) is 2.83. The van der Waals surface area contributed by atoms with Crippen LogP contribution in [0.2, 0.25) is 0 Å². The van der Waals surface area contributed by atoms with Crippen LogP contribution in [0.4, 0.5) is 4.39 Å². The molecule has 0 bridgehead atoms. The van der Waals surface area contributed by atoms with Crippen molar-refractivity contribution in [3.05, 3.63) is 65.1 Å². The zero-order chi connectivity index (χ0) is 19.7. The van der Waals surface area contributed by atoms with Crippen LogP contribution in [-0.4, -0.2) is 33.3 Å². The first kappa shape index (κ1) is 18.6. The molecule has 0 fully saturated rings. The van der Waals surface area contributed by atoms with Crippen LogP contribution in [0.1, 0.15) is 34.5 Å². The molecule has 1 amide bonds. The van der Waals surface area contributed by atoms with E-state index in [9.17, 15) is 19.1 Å². The van der Waals surface area contributed by atoms with E-state index in [4.69, 9.17) is 5.11 Å². The molecule has 0 radical (unpaired) electrons. The predicted octanol–water partition coefficient (Wildman–Crippen LogP) is 2.65. The number of aliphatic hydroxyl groups excluding tert-OH is 1. The highest BCUT2D eigenvalue weighted by molar-refractivity contribution is 6.05. The fourth-order valence-corrected chi connectivity index (χ4v) is 3.35. The van der Waals surface area contributed by atoms with E-state index < -0.39 is 30.3 Å². The molecule has 0 saturated heterocycles. The second kappa shape index (κ2) is 7.20. The quantitative estimate of drug-likeness (QED) is 0.616. The maximum atomic E-state index is 13.6. The zero-order valence-electron chi connectivity index (χ0n) is 14.9. The molecule has 7 heteroatoms. The number of nitrogens with zero attached hydrogens (tertiary/aromatic N) is 1. The predicted molar refractivity (Wildman–Crippen MR) is 98.1 cm³/mol. The minimum absolute atomic E-state index is 0.00568. The van der Waals surface area contributed by atoms with Crippen molar-refractivity contribution in [2.24, 2.45) is 0 Å². The molecule has 0 spiro atoms. The van der Waals surface area contributed by atoms with E-state index in [0.717, 1.165) is 6.07 Å². The fraction of sp³-hybridized carbons (Fsp3) is 0.200. The highest BCUT2D eigenvalue weighted by atomic mass is 19.1. The van der Waals surface area contributed by atoms with E-state index >= 15 is 0 Å². The molecule has 3 aromatic rings. The van der Waals surface area contributed by atoms with Gasteiger partial charge in [-0.05, 0) is 55.8 Å². The summed E-state index contributed by atoms with van der Waals surface area (Å²) in [5.41, 5.74) is 1.72. The first-order valence-corrected chi connectivity index (χ1v) is 8.38. The Hall–Kier alpha value is -3.19. The minimum atomic E-state index is -0.678. The molecule has 2 aromatic carbocycles. The number of carbonyl (C=O) groups excluding carboxylic acids is 2. The van der Waals surface area contributed by atoms with Gasteiger partial charge in [0, 0.05) is 16.6 Å². The average molecular weight is 370 g/mol. The Morgan fingerprint density at radius 3 is 2.63 bits per heavy atom. The van der Waals surface area contributed by atoms with Crippen molar-refractivity contribution < 1.29 is 24.2 Å². The monoisotopic (exact) mass is 370 g/mol. The molecule has 0 aliphatic rings. The van der Waals surface area contributed by atoms with Crippen molar-refractivity contribution in [2.45, 2.75) is 19.8 Å². The number of hydrogen-bond donors (Lipinski definition) is 3. The van der Waals surface area contributed by atoms with Gasteiger partial charge in [0.05, 0.1) is 11.4 Å². The van der Waals surface area contributed by atoms with Crippen LogP contribution >= 0.6 is 0 Å². The molecular weight excluding hydrogens is 351 g/mol. The third kappa shape index (κ3) is 3.29. The van der Waals surface area contributed by atoms with E-state index in [1.807, 2.05) is 0 Å². The molecule has 1 heterocycles. The number of benzene rings is 2. The number of nitrogens with one attached hydrogen (secondary N) is 1. The Labute approximate surface area is 154 Å². The average Bonchev–Trinajstić information content (AvgIpc) is 2.91. The molecule has 0 unspecified atom stereocenters. The molecule has 3 rings (SSSR count). The number of aromatic hydroxyl groups is 1. The molecule has 0 aliphatic carbocycles. The van der Waals surface area contributed by atoms with Crippen LogP contribution in [0.3, 0.4) is 0 Å². The minimum Gasteiger partial charge on any atom is -0.508 e. The number of halogens is 1. The van der Waals surface area contributed by atoms with Crippen molar-refractivity contribution >= 4 is 22.7 Å². The third-order valence-corrected chi connectivity index (χ3v) is 4.59. The van der Waals surface area contributed by atoms with Gasteiger partial charge < -0.3 is 15.5 Å².